The molecule has 0 saturated carbocycles. The van der Waals surface area contributed by atoms with Gasteiger partial charge in [-0.15, -0.1) is 0 Å². The predicted octanol–water partition coefficient (Wildman–Crippen LogP) is 3.46. The average Bonchev–Trinajstić information content (AvgIpc) is 2.15. The fourth-order valence-corrected chi connectivity index (χ4v) is 1.75. The van der Waals surface area contributed by atoms with Gasteiger partial charge in [0.05, 0.1) is 0 Å². The smallest absolute Gasteiger partial charge is 0.0499 e. The molecule has 1 aromatic carbocycles. The first-order chi connectivity index (χ1) is 6.63. The predicted molar refractivity (Wildman–Crippen MR) is 60.7 cm³/mol. The highest BCUT2D eigenvalue weighted by Crippen LogP contribution is 2.24. The second kappa shape index (κ2) is 5.38. The summed E-state index contributed by atoms with van der Waals surface area (Å²) in [6, 6.07) is 7.73. The zero-order valence-electron chi connectivity index (χ0n) is 8.70. The number of halogens is 1. The van der Waals surface area contributed by atoms with Crippen LogP contribution in [0.2, 0.25) is 5.02 Å². The van der Waals surface area contributed by atoms with Crippen molar-refractivity contribution in [3.8, 4) is 0 Å². The van der Waals surface area contributed by atoms with Crippen LogP contribution in [-0.2, 0) is 0 Å². The molecule has 1 rings (SSSR count). The molecule has 0 aliphatic heterocycles. The minimum Gasteiger partial charge on any atom is -0.396 e. The Kier molecular flexibility index (Phi) is 4.43. The lowest BCUT2D eigenvalue weighted by Gasteiger charge is -2.16. The topological polar surface area (TPSA) is 20.2 Å². The normalized spacial score (nSPS) is 13.2. The van der Waals surface area contributed by atoms with Crippen LogP contribution >= 0.6 is 11.6 Å². The Bertz CT molecular complexity index is 266. The fraction of sp³-hybridized carbons (Fsp3) is 0.500. The molecule has 0 fully saturated rings. The summed E-state index contributed by atoms with van der Waals surface area (Å²) in [7, 11) is 0. The molecule has 0 bridgehead atoms. The van der Waals surface area contributed by atoms with Gasteiger partial charge < -0.3 is 5.11 Å². The molecular formula is C12H17ClO. The third kappa shape index (κ3) is 3.32. The maximum Gasteiger partial charge on any atom is 0.0499 e. The molecule has 2 heteroatoms. The maximum absolute atomic E-state index is 9.26. The highest BCUT2D eigenvalue weighted by molar-refractivity contribution is 6.30. The maximum atomic E-state index is 9.26. The number of aliphatic hydroxyl groups is 1. The molecule has 0 aliphatic rings. The lowest BCUT2D eigenvalue weighted by molar-refractivity contribution is 0.249. The Morgan fingerprint density at radius 3 is 2.21 bits per heavy atom. The monoisotopic (exact) mass is 212 g/mol. The van der Waals surface area contributed by atoms with Crippen molar-refractivity contribution in [2.45, 2.75) is 26.2 Å². The van der Waals surface area contributed by atoms with Crippen LogP contribution in [0.4, 0.5) is 0 Å². The van der Waals surface area contributed by atoms with E-state index in [0.29, 0.717) is 5.92 Å². The average molecular weight is 213 g/mol. The van der Waals surface area contributed by atoms with Gasteiger partial charge >= 0.3 is 0 Å². The summed E-state index contributed by atoms with van der Waals surface area (Å²) in [5.74, 6) is 0.843. The molecule has 0 radical (unpaired) electrons. The Morgan fingerprint density at radius 2 is 1.79 bits per heavy atom. The van der Waals surface area contributed by atoms with Gasteiger partial charge in [0.1, 0.15) is 0 Å². The molecule has 78 valence electrons. The Labute approximate surface area is 90.7 Å². The quantitative estimate of drug-likeness (QED) is 0.811. The second-order valence-electron chi connectivity index (χ2n) is 4.06. The summed E-state index contributed by atoms with van der Waals surface area (Å²) in [4.78, 5) is 0. The van der Waals surface area contributed by atoms with E-state index >= 15 is 0 Å². The summed E-state index contributed by atoms with van der Waals surface area (Å²) in [6.45, 7) is 4.54. The van der Waals surface area contributed by atoms with Crippen LogP contribution in [0, 0.1) is 5.92 Å². The van der Waals surface area contributed by atoms with Gasteiger partial charge in [-0.1, -0.05) is 37.6 Å². The SMILES string of the molecule is CC(C)CC(CO)c1ccc(Cl)cc1. The molecule has 1 N–H and O–H groups in total. The van der Waals surface area contributed by atoms with Crippen LogP contribution in [0.1, 0.15) is 31.7 Å². The van der Waals surface area contributed by atoms with Gasteiger partial charge in [0, 0.05) is 17.5 Å². The van der Waals surface area contributed by atoms with Crippen molar-refractivity contribution in [1.82, 2.24) is 0 Å². The van der Waals surface area contributed by atoms with E-state index in [4.69, 9.17) is 11.6 Å². The van der Waals surface area contributed by atoms with E-state index in [9.17, 15) is 5.11 Å². The number of rotatable bonds is 4. The number of benzene rings is 1. The molecule has 0 heterocycles. The molecule has 0 amide bonds. The zero-order valence-corrected chi connectivity index (χ0v) is 9.46. The van der Waals surface area contributed by atoms with E-state index in [0.717, 1.165) is 11.4 Å². The van der Waals surface area contributed by atoms with Crippen molar-refractivity contribution < 1.29 is 5.11 Å². The summed E-state index contributed by atoms with van der Waals surface area (Å²) in [5, 5.41) is 10.0. The Balaban J connectivity index is 2.73. The van der Waals surface area contributed by atoms with Gasteiger partial charge in [0.15, 0.2) is 0 Å². The molecule has 1 nitrogen and oxygen atoms in total. The first-order valence-electron chi connectivity index (χ1n) is 4.99. The van der Waals surface area contributed by atoms with Crippen LogP contribution < -0.4 is 0 Å². The molecule has 14 heavy (non-hydrogen) atoms. The Hall–Kier alpha value is -0.530. The minimum absolute atomic E-state index is 0.208. The summed E-state index contributed by atoms with van der Waals surface area (Å²) in [5.41, 5.74) is 1.17. The van der Waals surface area contributed by atoms with Crippen molar-refractivity contribution in [2.75, 3.05) is 6.61 Å². The van der Waals surface area contributed by atoms with E-state index in [-0.39, 0.29) is 12.5 Å². The van der Waals surface area contributed by atoms with Crippen LogP contribution in [0.15, 0.2) is 24.3 Å². The number of aliphatic hydroxyl groups excluding tert-OH is 1. The van der Waals surface area contributed by atoms with Crippen LogP contribution in [0.5, 0.6) is 0 Å². The third-order valence-electron chi connectivity index (χ3n) is 2.32. The molecule has 0 aromatic heterocycles. The second-order valence-corrected chi connectivity index (χ2v) is 4.50. The minimum atomic E-state index is 0.208. The van der Waals surface area contributed by atoms with Gasteiger partial charge in [-0.25, -0.2) is 0 Å². The van der Waals surface area contributed by atoms with E-state index in [2.05, 4.69) is 13.8 Å². The number of hydrogen-bond donors (Lipinski definition) is 1. The van der Waals surface area contributed by atoms with Crippen molar-refractivity contribution in [2.24, 2.45) is 5.92 Å². The van der Waals surface area contributed by atoms with E-state index in [1.165, 1.54) is 5.56 Å². The highest BCUT2D eigenvalue weighted by Gasteiger charge is 2.11. The van der Waals surface area contributed by atoms with Gasteiger partial charge in [0.2, 0.25) is 0 Å². The standard InChI is InChI=1S/C12H17ClO/c1-9(2)7-11(8-14)10-3-5-12(13)6-4-10/h3-6,9,11,14H,7-8H2,1-2H3. The van der Waals surface area contributed by atoms with Crippen molar-refractivity contribution in [3.05, 3.63) is 34.9 Å². The first kappa shape index (κ1) is 11.5. The van der Waals surface area contributed by atoms with Gasteiger partial charge in [-0.05, 0) is 30.0 Å². The van der Waals surface area contributed by atoms with Crippen molar-refractivity contribution >= 4 is 11.6 Å². The molecule has 1 aromatic rings. The van der Waals surface area contributed by atoms with Gasteiger partial charge in [-0.2, -0.15) is 0 Å². The first-order valence-corrected chi connectivity index (χ1v) is 5.37. The van der Waals surface area contributed by atoms with Crippen molar-refractivity contribution in [1.29, 1.82) is 0 Å². The lowest BCUT2D eigenvalue weighted by Crippen LogP contribution is -2.07. The molecule has 1 unspecified atom stereocenters. The van der Waals surface area contributed by atoms with E-state index < -0.39 is 0 Å². The molecule has 1 atom stereocenters. The third-order valence-corrected chi connectivity index (χ3v) is 2.57. The molecule has 0 saturated heterocycles. The van der Waals surface area contributed by atoms with Gasteiger partial charge in [0.25, 0.3) is 0 Å². The lowest BCUT2D eigenvalue weighted by atomic mass is 9.91. The summed E-state index contributed by atoms with van der Waals surface area (Å²) in [6.07, 6.45) is 1.01. The van der Waals surface area contributed by atoms with Crippen LogP contribution in [0.25, 0.3) is 0 Å². The Morgan fingerprint density at radius 1 is 1.21 bits per heavy atom. The van der Waals surface area contributed by atoms with Gasteiger partial charge in [-0.3, -0.25) is 0 Å². The van der Waals surface area contributed by atoms with Crippen LogP contribution in [0.3, 0.4) is 0 Å². The molecule has 0 aliphatic carbocycles. The molecule has 0 spiro atoms. The van der Waals surface area contributed by atoms with E-state index in [1.54, 1.807) is 0 Å². The fourth-order valence-electron chi connectivity index (χ4n) is 1.62. The zero-order chi connectivity index (χ0) is 10.6. The van der Waals surface area contributed by atoms with Crippen LogP contribution in [-0.4, -0.2) is 11.7 Å². The summed E-state index contributed by atoms with van der Waals surface area (Å²) < 4.78 is 0. The summed E-state index contributed by atoms with van der Waals surface area (Å²) >= 11 is 5.80. The van der Waals surface area contributed by atoms with Crippen molar-refractivity contribution in [3.63, 3.8) is 0 Å². The van der Waals surface area contributed by atoms with E-state index in [1.807, 2.05) is 24.3 Å². The highest BCUT2D eigenvalue weighted by atomic mass is 35.5. The molecular weight excluding hydrogens is 196 g/mol. The largest absolute Gasteiger partial charge is 0.396 e. The number of hydrogen-bond acceptors (Lipinski definition) is 1.